The summed E-state index contributed by atoms with van der Waals surface area (Å²) < 4.78 is 0. The number of thiocarbonyl (C=S) groups is 1. The van der Waals surface area contributed by atoms with E-state index in [-0.39, 0.29) is 0 Å². The molecule has 9 heteroatoms. The summed E-state index contributed by atoms with van der Waals surface area (Å²) in [6.45, 7) is 3.98. The van der Waals surface area contributed by atoms with Gasteiger partial charge < -0.3 is 16.0 Å². The fourth-order valence-electron chi connectivity index (χ4n) is 4.71. The van der Waals surface area contributed by atoms with Gasteiger partial charge in [0.2, 0.25) is 11.8 Å². The number of nitrogens with two attached hydrogens (primary N) is 1. The molecule has 2 aliphatic rings. The van der Waals surface area contributed by atoms with Crippen LogP contribution < -0.4 is 26.6 Å². The Bertz CT molecular complexity index is 838. The van der Waals surface area contributed by atoms with E-state index < -0.39 is 29.3 Å². The number of benzene rings is 1. The highest BCUT2D eigenvalue weighted by molar-refractivity contribution is 7.80. The first kappa shape index (κ1) is 24.1. The molecule has 0 spiro atoms. The Kier molecular flexibility index (Phi) is 8.20. The summed E-state index contributed by atoms with van der Waals surface area (Å²) in [5.74, 6) is -1.03. The number of carbonyl (C=O) groups is 3. The van der Waals surface area contributed by atoms with Crippen molar-refractivity contribution in [1.29, 1.82) is 0 Å². The minimum atomic E-state index is -1.35. The van der Waals surface area contributed by atoms with E-state index in [1.54, 1.807) is 0 Å². The molecule has 4 amide bonds. The summed E-state index contributed by atoms with van der Waals surface area (Å²) in [7, 11) is 0. The van der Waals surface area contributed by atoms with Gasteiger partial charge in [0, 0.05) is 30.9 Å². The number of hydrogen-bond acceptors (Lipinski definition) is 6. The van der Waals surface area contributed by atoms with Gasteiger partial charge in [-0.25, -0.2) is 4.79 Å². The van der Waals surface area contributed by atoms with E-state index in [1.807, 2.05) is 24.3 Å². The van der Waals surface area contributed by atoms with E-state index in [4.69, 9.17) is 18.0 Å². The van der Waals surface area contributed by atoms with Crippen molar-refractivity contribution in [3.63, 3.8) is 0 Å². The van der Waals surface area contributed by atoms with Crippen LogP contribution in [-0.2, 0) is 9.59 Å². The summed E-state index contributed by atoms with van der Waals surface area (Å²) in [6, 6.07) is 6.33. The smallest absolute Gasteiger partial charge is 0.328 e. The number of urea groups is 1. The van der Waals surface area contributed by atoms with Gasteiger partial charge in [-0.1, -0.05) is 57.7 Å². The largest absolute Gasteiger partial charge is 0.389 e. The molecule has 3 rings (SSSR count). The lowest BCUT2D eigenvalue weighted by atomic mass is 9.71. The molecule has 2 aliphatic heterocycles. The maximum absolute atomic E-state index is 13.2. The van der Waals surface area contributed by atoms with Crippen molar-refractivity contribution in [2.24, 2.45) is 11.1 Å². The number of piperazine rings is 1. The van der Waals surface area contributed by atoms with Crippen LogP contribution in [0.25, 0.3) is 0 Å². The standard InChI is InChI=1S/C23H33N5O3S/c1-2-3-4-5-6-7-12-23(20(29)26-22(31)27-21(23)30)18-15-25-13-14-28(18)17-10-8-16(9-11-17)19(24)32/h8-11,18,25H,2-7,12-15H2,1H3,(H2,24,32)(H2,26,27,29,30,31). The highest BCUT2D eigenvalue weighted by Crippen LogP contribution is 2.38. The molecule has 1 aromatic rings. The van der Waals surface area contributed by atoms with E-state index in [0.717, 1.165) is 49.9 Å². The lowest BCUT2D eigenvalue weighted by Crippen LogP contribution is -2.72. The average Bonchev–Trinajstić information content (AvgIpc) is 2.78. The second-order valence-electron chi connectivity index (χ2n) is 8.55. The molecule has 2 fully saturated rings. The molecular weight excluding hydrogens is 426 g/mol. The Balaban J connectivity index is 1.88. The van der Waals surface area contributed by atoms with Crippen LogP contribution in [0.4, 0.5) is 10.5 Å². The molecule has 0 bridgehead atoms. The molecule has 0 aliphatic carbocycles. The first-order chi connectivity index (χ1) is 15.4. The first-order valence-electron chi connectivity index (χ1n) is 11.4. The number of nitrogens with zero attached hydrogens (tertiary/aromatic N) is 1. The van der Waals surface area contributed by atoms with Gasteiger partial charge in [0.15, 0.2) is 0 Å². The third-order valence-corrected chi connectivity index (χ3v) is 6.72. The molecule has 1 atom stereocenters. The number of unbranched alkanes of at least 4 members (excludes halogenated alkanes) is 5. The zero-order chi connectivity index (χ0) is 23.1. The molecule has 32 heavy (non-hydrogen) atoms. The predicted molar refractivity (Wildman–Crippen MR) is 128 cm³/mol. The van der Waals surface area contributed by atoms with Crippen molar-refractivity contribution < 1.29 is 14.4 Å². The Labute approximate surface area is 194 Å². The van der Waals surface area contributed by atoms with Gasteiger partial charge in [-0.15, -0.1) is 0 Å². The van der Waals surface area contributed by atoms with Crippen molar-refractivity contribution in [2.45, 2.75) is 57.9 Å². The van der Waals surface area contributed by atoms with E-state index >= 15 is 0 Å². The molecule has 1 unspecified atom stereocenters. The molecule has 2 saturated heterocycles. The molecule has 0 aromatic heterocycles. The fourth-order valence-corrected chi connectivity index (χ4v) is 4.85. The molecule has 8 nitrogen and oxygen atoms in total. The van der Waals surface area contributed by atoms with Crippen LogP contribution in [0.15, 0.2) is 24.3 Å². The van der Waals surface area contributed by atoms with E-state index in [2.05, 4.69) is 27.8 Å². The number of barbiturate groups is 1. The SMILES string of the molecule is CCCCCCCCC1(C2CNCCN2c2ccc(C(N)=S)cc2)C(=O)NC(=O)NC1=O. The predicted octanol–water partition coefficient (Wildman–Crippen LogP) is 2.20. The summed E-state index contributed by atoms with van der Waals surface area (Å²) >= 11 is 5.05. The molecule has 0 saturated carbocycles. The molecule has 5 N–H and O–H groups in total. The first-order valence-corrected chi connectivity index (χ1v) is 11.8. The Morgan fingerprint density at radius 3 is 2.31 bits per heavy atom. The maximum atomic E-state index is 13.2. The average molecular weight is 460 g/mol. The molecule has 0 radical (unpaired) electrons. The second kappa shape index (κ2) is 10.9. The number of anilines is 1. The van der Waals surface area contributed by atoms with Gasteiger partial charge in [0.25, 0.3) is 0 Å². The summed E-state index contributed by atoms with van der Waals surface area (Å²) in [4.78, 5) is 40.7. The van der Waals surface area contributed by atoms with Gasteiger partial charge in [-0.2, -0.15) is 0 Å². The second-order valence-corrected chi connectivity index (χ2v) is 8.99. The summed E-state index contributed by atoms with van der Waals surface area (Å²) in [5, 5.41) is 8.04. The lowest BCUT2D eigenvalue weighted by Gasteiger charge is -2.48. The minimum absolute atomic E-state index is 0.317. The van der Waals surface area contributed by atoms with Crippen molar-refractivity contribution in [2.75, 3.05) is 24.5 Å². The fraction of sp³-hybridized carbons (Fsp3) is 0.565. The number of carbonyl (C=O) groups excluding carboxylic acids is 3. The molecule has 174 valence electrons. The van der Waals surface area contributed by atoms with Crippen LogP contribution in [0.1, 0.15) is 57.4 Å². The van der Waals surface area contributed by atoms with E-state index in [1.165, 1.54) is 6.42 Å². The molecule has 1 aromatic carbocycles. The van der Waals surface area contributed by atoms with Crippen LogP contribution in [-0.4, -0.2) is 48.5 Å². The van der Waals surface area contributed by atoms with Crippen molar-refractivity contribution >= 4 is 40.7 Å². The Hall–Kier alpha value is -2.52. The topological polar surface area (TPSA) is 117 Å². The Morgan fingerprint density at radius 1 is 1.06 bits per heavy atom. The molecular formula is C23H33N5O3S. The maximum Gasteiger partial charge on any atom is 0.328 e. The highest BCUT2D eigenvalue weighted by Gasteiger charge is 2.57. The zero-order valence-electron chi connectivity index (χ0n) is 18.6. The van der Waals surface area contributed by atoms with Gasteiger partial charge in [-0.05, 0) is 30.7 Å². The van der Waals surface area contributed by atoms with E-state index in [9.17, 15) is 14.4 Å². The summed E-state index contributed by atoms with van der Waals surface area (Å²) in [6.07, 6.45) is 6.63. The Morgan fingerprint density at radius 2 is 1.69 bits per heavy atom. The normalized spacial score (nSPS) is 20.6. The van der Waals surface area contributed by atoms with E-state index in [0.29, 0.717) is 24.5 Å². The van der Waals surface area contributed by atoms with Gasteiger partial charge in [0.05, 0.1) is 6.04 Å². The molecule has 2 heterocycles. The van der Waals surface area contributed by atoms with Crippen LogP contribution in [0.2, 0.25) is 0 Å². The number of nitrogens with one attached hydrogen (secondary N) is 3. The van der Waals surface area contributed by atoms with Crippen LogP contribution >= 0.6 is 12.2 Å². The van der Waals surface area contributed by atoms with Crippen molar-refractivity contribution in [3.05, 3.63) is 29.8 Å². The number of rotatable bonds is 10. The van der Waals surface area contributed by atoms with Gasteiger partial charge in [-0.3, -0.25) is 20.2 Å². The van der Waals surface area contributed by atoms with Crippen molar-refractivity contribution in [1.82, 2.24) is 16.0 Å². The van der Waals surface area contributed by atoms with Crippen LogP contribution in [0, 0.1) is 5.41 Å². The summed E-state index contributed by atoms with van der Waals surface area (Å²) in [5.41, 5.74) is 6.02. The van der Waals surface area contributed by atoms with Crippen LogP contribution in [0.5, 0.6) is 0 Å². The zero-order valence-corrected chi connectivity index (χ0v) is 19.4. The number of hydrogen-bond donors (Lipinski definition) is 4. The highest BCUT2D eigenvalue weighted by atomic mass is 32.1. The quantitative estimate of drug-likeness (QED) is 0.241. The lowest BCUT2D eigenvalue weighted by molar-refractivity contribution is -0.147. The minimum Gasteiger partial charge on any atom is -0.389 e. The van der Waals surface area contributed by atoms with Crippen LogP contribution in [0.3, 0.4) is 0 Å². The third-order valence-electron chi connectivity index (χ3n) is 6.48. The number of imide groups is 2. The number of amides is 4. The van der Waals surface area contributed by atoms with Gasteiger partial charge in [0.1, 0.15) is 10.4 Å². The van der Waals surface area contributed by atoms with Gasteiger partial charge >= 0.3 is 6.03 Å². The van der Waals surface area contributed by atoms with Crippen molar-refractivity contribution in [3.8, 4) is 0 Å². The third kappa shape index (κ3) is 5.10. The monoisotopic (exact) mass is 459 g/mol.